The van der Waals surface area contributed by atoms with Gasteiger partial charge in [0.1, 0.15) is 5.75 Å². The highest BCUT2D eigenvalue weighted by molar-refractivity contribution is 5.78. The minimum absolute atomic E-state index is 0.0960. The summed E-state index contributed by atoms with van der Waals surface area (Å²) in [7, 11) is 0. The Balaban J connectivity index is 1.92. The van der Waals surface area contributed by atoms with Crippen LogP contribution in [-0.2, 0) is 4.79 Å². The third-order valence-corrected chi connectivity index (χ3v) is 3.67. The second-order valence-electron chi connectivity index (χ2n) is 5.01. The molecular formula is C15H19F2NO2. The summed E-state index contributed by atoms with van der Waals surface area (Å²) in [6, 6.07) is 3.53. The van der Waals surface area contributed by atoms with E-state index in [4.69, 9.17) is 4.74 Å². The van der Waals surface area contributed by atoms with Crippen molar-refractivity contribution in [2.75, 3.05) is 13.2 Å². The average molecular weight is 283 g/mol. The molecule has 0 saturated carbocycles. The lowest BCUT2D eigenvalue weighted by molar-refractivity contribution is -0.137. The van der Waals surface area contributed by atoms with Crippen molar-refractivity contribution in [1.82, 2.24) is 4.90 Å². The summed E-state index contributed by atoms with van der Waals surface area (Å²) in [4.78, 5) is 14.0. The third kappa shape index (κ3) is 3.46. The first-order valence-electron chi connectivity index (χ1n) is 6.99. The van der Waals surface area contributed by atoms with Crippen molar-refractivity contribution in [2.45, 2.75) is 38.6 Å². The third-order valence-electron chi connectivity index (χ3n) is 3.67. The first-order valence-corrected chi connectivity index (χ1v) is 6.99. The zero-order chi connectivity index (χ0) is 14.5. The minimum Gasteiger partial charge on any atom is -0.484 e. The van der Waals surface area contributed by atoms with Crippen molar-refractivity contribution in [3.63, 3.8) is 0 Å². The smallest absolute Gasteiger partial charge is 0.260 e. The zero-order valence-corrected chi connectivity index (χ0v) is 11.6. The Labute approximate surface area is 117 Å². The van der Waals surface area contributed by atoms with E-state index in [-0.39, 0.29) is 24.3 Å². The molecule has 1 saturated heterocycles. The van der Waals surface area contributed by atoms with Crippen LogP contribution < -0.4 is 4.74 Å². The van der Waals surface area contributed by atoms with Crippen LogP contribution in [0.3, 0.4) is 0 Å². The number of ether oxygens (including phenoxy) is 1. The van der Waals surface area contributed by atoms with E-state index in [1.54, 1.807) is 0 Å². The van der Waals surface area contributed by atoms with Crippen molar-refractivity contribution in [2.24, 2.45) is 0 Å². The van der Waals surface area contributed by atoms with E-state index in [2.05, 4.69) is 6.92 Å². The molecule has 1 aliphatic heterocycles. The molecule has 2 rings (SSSR count). The fraction of sp³-hybridized carbons (Fsp3) is 0.533. The monoisotopic (exact) mass is 283 g/mol. The fourth-order valence-electron chi connectivity index (χ4n) is 2.55. The van der Waals surface area contributed by atoms with Gasteiger partial charge in [-0.15, -0.1) is 0 Å². The number of carbonyl (C=O) groups excluding carboxylic acids is 1. The van der Waals surface area contributed by atoms with E-state index in [9.17, 15) is 13.6 Å². The van der Waals surface area contributed by atoms with Crippen LogP contribution in [0.4, 0.5) is 8.78 Å². The van der Waals surface area contributed by atoms with Gasteiger partial charge in [-0.05, 0) is 37.8 Å². The molecular weight excluding hydrogens is 264 g/mol. The standard InChI is InChI=1S/C15H19F2NO2/c1-2-11-5-3-4-8-18(11)15(19)10-20-12-6-7-13(16)14(17)9-12/h6-7,9,11H,2-5,8,10H2,1H3. The molecule has 3 nitrogen and oxygen atoms in total. The molecule has 1 fully saturated rings. The van der Waals surface area contributed by atoms with Gasteiger partial charge in [0.15, 0.2) is 18.2 Å². The van der Waals surface area contributed by atoms with Crippen molar-refractivity contribution in [1.29, 1.82) is 0 Å². The molecule has 0 aromatic heterocycles. The highest BCUT2D eigenvalue weighted by Crippen LogP contribution is 2.20. The quantitative estimate of drug-likeness (QED) is 0.849. The number of piperidine rings is 1. The maximum absolute atomic E-state index is 13.0. The summed E-state index contributed by atoms with van der Waals surface area (Å²) < 4.78 is 31.1. The highest BCUT2D eigenvalue weighted by atomic mass is 19.2. The van der Waals surface area contributed by atoms with E-state index < -0.39 is 11.6 Å². The van der Waals surface area contributed by atoms with Gasteiger partial charge in [-0.2, -0.15) is 0 Å². The number of hydrogen-bond acceptors (Lipinski definition) is 2. The Morgan fingerprint density at radius 1 is 1.35 bits per heavy atom. The molecule has 1 unspecified atom stereocenters. The molecule has 1 aromatic carbocycles. The van der Waals surface area contributed by atoms with Crippen LogP contribution in [0.5, 0.6) is 5.75 Å². The van der Waals surface area contributed by atoms with Gasteiger partial charge in [0.25, 0.3) is 5.91 Å². The maximum atomic E-state index is 13.0. The maximum Gasteiger partial charge on any atom is 0.260 e. The number of rotatable bonds is 4. The zero-order valence-electron chi connectivity index (χ0n) is 11.6. The molecule has 0 aliphatic carbocycles. The minimum atomic E-state index is -0.973. The van der Waals surface area contributed by atoms with Crippen LogP contribution in [0.25, 0.3) is 0 Å². The Kier molecular flexibility index (Phi) is 4.93. The SMILES string of the molecule is CCC1CCCCN1C(=O)COc1ccc(F)c(F)c1. The lowest BCUT2D eigenvalue weighted by Crippen LogP contribution is -2.45. The molecule has 0 spiro atoms. The first-order chi connectivity index (χ1) is 9.61. The van der Waals surface area contributed by atoms with Crippen molar-refractivity contribution in [3.05, 3.63) is 29.8 Å². The molecule has 1 atom stereocenters. The lowest BCUT2D eigenvalue weighted by Gasteiger charge is -2.35. The number of halogens is 2. The van der Waals surface area contributed by atoms with E-state index in [0.29, 0.717) is 0 Å². The topological polar surface area (TPSA) is 29.5 Å². The first kappa shape index (κ1) is 14.8. The predicted molar refractivity (Wildman–Crippen MR) is 71.5 cm³/mol. The van der Waals surface area contributed by atoms with Gasteiger partial charge >= 0.3 is 0 Å². The van der Waals surface area contributed by atoms with Crippen LogP contribution in [0.2, 0.25) is 0 Å². The summed E-state index contributed by atoms with van der Waals surface area (Å²) in [6.45, 7) is 2.67. The van der Waals surface area contributed by atoms with Gasteiger partial charge in [-0.3, -0.25) is 4.79 Å². The van der Waals surface area contributed by atoms with Gasteiger partial charge in [-0.1, -0.05) is 6.92 Å². The van der Waals surface area contributed by atoms with Crippen molar-refractivity contribution >= 4 is 5.91 Å². The second kappa shape index (κ2) is 6.68. The normalized spacial score (nSPS) is 18.9. The molecule has 0 bridgehead atoms. The van der Waals surface area contributed by atoms with Crippen LogP contribution in [0.1, 0.15) is 32.6 Å². The summed E-state index contributed by atoms with van der Waals surface area (Å²) in [5.41, 5.74) is 0. The fourth-order valence-corrected chi connectivity index (χ4v) is 2.55. The van der Waals surface area contributed by atoms with E-state index in [1.807, 2.05) is 4.90 Å². The van der Waals surface area contributed by atoms with Gasteiger partial charge in [0.2, 0.25) is 0 Å². The van der Waals surface area contributed by atoms with E-state index in [0.717, 1.165) is 44.4 Å². The molecule has 20 heavy (non-hydrogen) atoms. The highest BCUT2D eigenvalue weighted by Gasteiger charge is 2.25. The molecule has 1 heterocycles. The largest absolute Gasteiger partial charge is 0.484 e. The molecule has 110 valence electrons. The lowest BCUT2D eigenvalue weighted by atomic mass is 10.00. The number of benzene rings is 1. The van der Waals surface area contributed by atoms with Crippen LogP contribution in [0.15, 0.2) is 18.2 Å². The predicted octanol–water partition coefficient (Wildman–Crippen LogP) is 3.13. The second-order valence-corrected chi connectivity index (χ2v) is 5.01. The molecule has 0 N–H and O–H groups in total. The van der Waals surface area contributed by atoms with Gasteiger partial charge in [-0.25, -0.2) is 8.78 Å². The Bertz CT molecular complexity index is 479. The Morgan fingerprint density at radius 2 is 2.15 bits per heavy atom. The summed E-state index contributed by atoms with van der Waals surface area (Å²) in [5.74, 6) is -1.83. The van der Waals surface area contributed by atoms with Crippen molar-refractivity contribution in [3.8, 4) is 5.75 Å². The van der Waals surface area contributed by atoms with E-state index in [1.165, 1.54) is 6.07 Å². The summed E-state index contributed by atoms with van der Waals surface area (Å²) in [5, 5.41) is 0. The van der Waals surface area contributed by atoms with Crippen LogP contribution in [-0.4, -0.2) is 30.0 Å². The average Bonchev–Trinajstić information content (AvgIpc) is 2.48. The summed E-state index contributed by atoms with van der Waals surface area (Å²) in [6.07, 6.45) is 4.10. The Morgan fingerprint density at radius 3 is 2.85 bits per heavy atom. The molecule has 1 aliphatic rings. The number of hydrogen-bond donors (Lipinski definition) is 0. The van der Waals surface area contributed by atoms with Gasteiger partial charge < -0.3 is 9.64 Å². The van der Waals surface area contributed by atoms with Gasteiger partial charge in [0.05, 0.1) is 0 Å². The molecule has 5 heteroatoms. The number of carbonyl (C=O) groups is 1. The molecule has 0 radical (unpaired) electrons. The molecule has 1 aromatic rings. The number of amides is 1. The molecule has 1 amide bonds. The van der Waals surface area contributed by atoms with E-state index >= 15 is 0 Å². The van der Waals surface area contributed by atoms with Crippen molar-refractivity contribution < 1.29 is 18.3 Å². The van der Waals surface area contributed by atoms with Crippen LogP contribution in [0, 0.1) is 11.6 Å². The number of nitrogens with zero attached hydrogens (tertiary/aromatic N) is 1. The van der Waals surface area contributed by atoms with Crippen LogP contribution >= 0.6 is 0 Å². The number of likely N-dealkylation sites (tertiary alicyclic amines) is 1. The Hall–Kier alpha value is -1.65. The van der Waals surface area contributed by atoms with Gasteiger partial charge in [0, 0.05) is 18.7 Å². The summed E-state index contributed by atoms with van der Waals surface area (Å²) >= 11 is 0.